The highest BCUT2D eigenvalue weighted by Gasteiger charge is 2.18. The van der Waals surface area contributed by atoms with Crippen molar-refractivity contribution in [2.24, 2.45) is 0 Å². The summed E-state index contributed by atoms with van der Waals surface area (Å²) in [6, 6.07) is 13.6. The third kappa shape index (κ3) is 4.06. The van der Waals surface area contributed by atoms with Crippen LogP contribution < -0.4 is 9.46 Å². The Morgan fingerprint density at radius 1 is 1.17 bits per heavy atom. The molecule has 0 spiro atoms. The smallest absolute Gasteiger partial charge is 0.261 e. The summed E-state index contributed by atoms with van der Waals surface area (Å²) in [6.45, 7) is 3.96. The fraction of sp³-hybridized carbons (Fsp3) is 0.278. The van der Waals surface area contributed by atoms with Crippen LogP contribution in [0.15, 0.2) is 47.4 Å². The van der Waals surface area contributed by atoms with E-state index < -0.39 is 10.0 Å². The van der Waals surface area contributed by atoms with E-state index in [2.05, 4.69) is 10.8 Å². The minimum Gasteiger partial charge on any atom is -0.496 e. The van der Waals surface area contributed by atoms with Crippen molar-refractivity contribution in [1.29, 1.82) is 5.26 Å². The van der Waals surface area contributed by atoms with Crippen LogP contribution in [0, 0.1) is 11.3 Å². The van der Waals surface area contributed by atoms with Crippen LogP contribution in [0.2, 0.25) is 0 Å². The zero-order valence-electron chi connectivity index (χ0n) is 13.9. The van der Waals surface area contributed by atoms with Gasteiger partial charge in [-0.2, -0.15) is 5.26 Å². The molecule has 5 nitrogen and oxygen atoms in total. The van der Waals surface area contributed by atoms with Crippen molar-refractivity contribution in [3.63, 3.8) is 0 Å². The number of nitrogens with zero attached hydrogens (tertiary/aromatic N) is 1. The number of rotatable bonds is 6. The molecule has 0 aliphatic carbocycles. The minimum absolute atomic E-state index is 0.139. The summed E-state index contributed by atoms with van der Waals surface area (Å²) in [6.07, 6.45) is 0.295. The molecule has 126 valence electrons. The molecule has 24 heavy (non-hydrogen) atoms. The lowest BCUT2D eigenvalue weighted by molar-refractivity contribution is 0.407. The Bertz CT molecular complexity index is 851. The molecular formula is C18H20N2O3S. The quantitative estimate of drug-likeness (QED) is 0.867. The van der Waals surface area contributed by atoms with Gasteiger partial charge in [0.25, 0.3) is 10.0 Å². The van der Waals surface area contributed by atoms with Crippen LogP contribution >= 0.6 is 0 Å². The third-order valence-corrected chi connectivity index (χ3v) is 5.00. The fourth-order valence-corrected chi connectivity index (χ4v) is 3.42. The van der Waals surface area contributed by atoms with Crippen LogP contribution in [-0.4, -0.2) is 15.5 Å². The number of hydrogen-bond acceptors (Lipinski definition) is 4. The highest BCUT2D eigenvalue weighted by molar-refractivity contribution is 7.92. The molecule has 0 aliphatic rings. The molecular weight excluding hydrogens is 324 g/mol. The van der Waals surface area contributed by atoms with E-state index in [0.717, 1.165) is 11.1 Å². The summed E-state index contributed by atoms with van der Waals surface area (Å²) in [4.78, 5) is 0.188. The molecule has 2 aromatic carbocycles. The zero-order valence-corrected chi connectivity index (χ0v) is 14.7. The van der Waals surface area contributed by atoms with Crippen LogP contribution in [0.25, 0.3) is 0 Å². The predicted octanol–water partition coefficient (Wildman–Crippen LogP) is 3.69. The number of benzene rings is 2. The summed E-state index contributed by atoms with van der Waals surface area (Å²) in [5.41, 5.74) is 2.13. The van der Waals surface area contributed by atoms with E-state index in [4.69, 9.17) is 10.00 Å². The van der Waals surface area contributed by atoms with Crippen molar-refractivity contribution in [3.8, 4) is 11.8 Å². The second-order valence-corrected chi connectivity index (χ2v) is 7.38. The molecule has 0 atom stereocenters. The lowest BCUT2D eigenvalue weighted by Gasteiger charge is -2.14. The summed E-state index contributed by atoms with van der Waals surface area (Å²) in [5, 5.41) is 8.67. The number of anilines is 1. The summed E-state index contributed by atoms with van der Waals surface area (Å²) >= 11 is 0. The van der Waals surface area contributed by atoms with Gasteiger partial charge < -0.3 is 4.74 Å². The van der Waals surface area contributed by atoms with Crippen LogP contribution in [0.4, 0.5) is 5.69 Å². The molecule has 0 fully saturated rings. The molecule has 1 N–H and O–H groups in total. The number of ether oxygens (including phenoxy) is 1. The topological polar surface area (TPSA) is 79.2 Å². The number of hydrogen-bond donors (Lipinski definition) is 1. The lowest BCUT2D eigenvalue weighted by atomic mass is 10.0. The first kappa shape index (κ1) is 17.8. The van der Waals surface area contributed by atoms with Gasteiger partial charge in [-0.1, -0.05) is 26.0 Å². The number of nitriles is 1. The molecule has 2 rings (SSSR count). The molecule has 0 amide bonds. The molecule has 6 heteroatoms. The maximum atomic E-state index is 12.6. The molecule has 0 aliphatic heterocycles. The Labute approximate surface area is 142 Å². The molecule has 0 saturated heterocycles. The van der Waals surface area contributed by atoms with Gasteiger partial charge in [-0.3, -0.25) is 4.72 Å². The first-order chi connectivity index (χ1) is 11.4. The van der Waals surface area contributed by atoms with Gasteiger partial charge >= 0.3 is 0 Å². The maximum Gasteiger partial charge on any atom is 0.261 e. The minimum atomic E-state index is -3.69. The van der Waals surface area contributed by atoms with Crippen LogP contribution in [0.3, 0.4) is 0 Å². The molecule has 0 saturated carbocycles. The van der Waals surface area contributed by atoms with Gasteiger partial charge in [0.2, 0.25) is 0 Å². The lowest BCUT2D eigenvalue weighted by Crippen LogP contribution is -2.13. The van der Waals surface area contributed by atoms with Crippen LogP contribution in [0.1, 0.15) is 30.9 Å². The number of methoxy groups -OCH3 is 1. The van der Waals surface area contributed by atoms with Crippen molar-refractivity contribution in [2.45, 2.75) is 31.1 Å². The zero-order chi connectivity index (χ0) is 17.7. The Balaban J connectivity index is 2.30. The van der Waals surface area contributed by atoms with Gasteiger partial charge in [-0.25, -0.2) is 8.42 Å². The van der Waals surface area contributed by atoms with Gasteiger partial charge in [0.15, 0.2) is 0 Å². The van der Waals surface area contributed by atoms with E-state index >= 15 is 0 Å². The van der Waals surface area contributed by atoms with E-state index in [-0.39, 0.29) is 10.8 Å². The fourth-order valence-electron chi connectivity index (χ4n) is 2.33. The molecule has 0 unspecified atom stereocenters. The molecule has 0 aromatic heterocycles. The van der Waals surface area contributed by atoms with Crippen molar-refractivity contribution >= 4 is 15.7 Å². The first-order valence-electron chi connectivity index (χ1n) is 7.54. The van der Waals surface area contributed by atoms with Crippen LogP contribution in [0.5, 0.6) is 5.75 Å². The van der Waals surface area contributed by atoms with E-state index in [9.17, 15) is 8.42 Å². The monoisotopic (exact) mass is 344 g/mol. The Morgan fingerprint density at radius 3 is 2.38 bits per heavy atom. The number of nitrogens with one attached hydrogen (secondary N) is 1. The standard InChI is InChI=1S/C18H20N2O3S/c1-13(2)17-12-16(8-9-18(17)23-3)24(21,22)20-15-6-4-14(5-7-15)10-11-19/h4-9,12-13,20H,10H2,1-3H3. The third-order valence-electron chi connectivity index (χ3n) is 3.62. The average molecular weight is 344 g/mol. The highest BCUT2D eigenvalue weighted by atomic mass is 32.2. The molecule has 0 bridgehead atoms. The van der Waals surface area contributed by atoms with Gasteiger partial charge in [-0.05, 0) is 47.4 Å². The second-order valence-electron chi connectivity index (χ2n) is 5.70. The summed E-state index contributed by atoms with van der Waals surface area (Å²) in [5.74, 6) is 0.810. The van der Waals surface area contributed by atoms with E-state index in [0.29, 0.717) is 17.9 Å². The highest BCUT2D eigenvalue weighted by Crippen LogP contribution is 2.29. The predicted molar refractivity (Wildman–Crippen MR) is 93.7 cm³/mol. The average Bonchev–Trinajstić information content (AvgIpc) is 2.56. The Hall–Kier alpha value is -2.52. The SMILES string of the molecule is COc1ccc(S(=O)(=O)Nc2ccc(CC#N)cc2)cc1C(C)C. The first-order valence-corrected chi connectivity index (χ1v) is 9.02. The molecule has 0 radical (unpaired) electrons. The molecule has 0 heterocycles. The van der Waals surface area contributed by atoms with E-state index in [1.54, 1.807) is 43.5 Å². The van der Waals surface area contributed by atoms with Gasteiger partial charge in [0.1, 0.15) is 5.75 Å². The van der Waals surface area contributed by atoms with E-state index in [1.807, 2.05) is 13.8 Å². The van der Waals surface area contributed by atoms with Crippen molar-refractivity contribution in [2.75, 3.05) is 11.8 Å². The normalized spacial score (nSPS) is 11.1. The Kier molecular flexibility index (Phi) is 5.47. The van der Waals surface area contributed by atoms with Gasteiger partial charge in [0, 0.05) is 5.69 Å². The molecule has 2 aromatic rings. The van der Waals surface area contributed by atoms with Gasteiger partial charge in [-0.15, -0.1) is 0 Å². The van der Waals surface area contributed by atoms with Crippen LogP contribution in [-0.2, 0) is 16.4 Å². The van der Waals surface area contributed by atoms with Crippen molar-refractivity contribution in [1.82, 2.24) is 0 Å². The second kappa shape index (κ2) is 7.37. The van der Waals surface area contributed by atoms with Crippen molar-refractivity contribution in [3.05, 3.63) is 53.6 Å². The maximum absolute atomic E-state index is 12.6. The largest absolute Gasteiger partial charge is 0.496 e. The van der Waals surface area contributed by atoms with Crippen molar-refractivity contribution < 1.29 is 13.2 Å². The summed E-state index contributed by atoms with van der Waals surface area (Å²) in [7, 11) is -2.12. The Morgan fingerprint density at radius 2 is 1.83 bits per heavy atom. The number of sulfonamides is 1. The van der Waals surface area contributed by atoms with Gasteiger partial charge in [0.05, 0.1) is 24.5 Å². The summed E-state index contributed by atoms with van der Waals surface area (Å²) < 4.78 is 33.0. The van der Waals surface area contributed by atoms with E-state index in [1.165, 1.54) is 6.07 Å².